The van der Waals surface area contributed by atoms with Gasteiger partial charge in [0.25, 0.3) is 0 Å². The molecular weight excluding hydrogens is 399 g/mol. The normalized spacial score (nSPS) is 25.2. The van der Waals surface area contributed by atoms with E-state index in [4.69, 9.17) is 4.74 Å². The van der Waals surface area contributed by atoms with E-state index in [1.54, 1.807) is 42.6 Å². The fourth-order valence-corrected chi connectivity index (χ4v) is 4.51. The molecule has 0 radical (unpaired) electrons. The number of rotatable bonds is 4. The Morgan fingerprint density at radius 2 is 1.94 bits per heavy atom. The Morgan fingerprint density at radius 3 is 2.71 bits per heavy atom. The number of halogens is 1. The molecule has 2 aliphatic heterocycles. The molecule has 2 fully saturated rings. The third-order valence-electron chi connectivity index (χ3n) is 6.07. The Morgan fingerprint density at radius 1 is 1.06 bits per heavy atom. The van der Waals surface area contributed by atoms with Crippen LogP contribution in [0.2, 0.25) is 0 Å². The summed E-state index contributed by atoms with van der Waals surface area (Å²) in [6.07, 6.45) is 3.50. The number of ether oxygens (including phenoxy) is 1. The van der Waals surface area contributed by atoms with Crippen LogP contribution in [0.5, 0.6) is 11.6 Å². The molecule has 160 valence electrons. The van der Waals surface area contributed by atoms with Crippen molar-refractivity contribution in [3.63, 3.8) is 0 Å². The van der Waals surface area contributed by atoms with Crippen LogP contribution in [0.1, 0.15) is 25.7 Å². The largest absolute Gasteiger partial charge is 0.507 e. The third kappa shape index (κ3) is 4.03. The van der Waals surface area contributed by atoms with Crippen molar-refractivity contribution in [2.24, 2.45) is 0 Å². The molecule has 4 atom stereocenters. The summed E-state index contributed by atoms with van der Waals surface area (Å²) in [7, 11) is 0. The number of H-pyrrole nitrogens is 1. The number of piperidine rings is 2. The number of aromatic nitrogens is 3. The molecule has 5 rings (SSSR count). The van der Waals surface area contributed by atoms with Crippen molar-refractivity contribution in [1.82, 2.24) is 20.5 Å². The molecule has 8 heteroatoms. The number of phenols is 1. The molecule has 4 heterocycles. The van der Waals surface area contributed by atoms with E-state index in [9.17, 15) is 14.3 Å². The summed E-state index contributed by atoms with van der Waals surface area (Å²) < 4.78 is 20.5. The molecule has 0 aliphatic carbocycles. The molecule has 2 aromatic heterocycles. The van der Waals surface area contributed by atoms with Gasteiger partial charge in [0.2, 0.25) is 11.4 Å². The van der Waals surface area contributed by atoms with Gasteiger partial charge in [-0.2, -0.15) is 0 Å². The van der Waals surface area contributed by atoms with Gasteiger partial charge in [-0.15, -0.1) is 10.2 Å². The highest BCUT2D eigenvalue weighted by Gasteiger charge is 2.41. The molecule has 2 saturated heterocycles. The summed E-state index contributed by atoms with van der Waals surface area (Å²) in [5.41, 5.74) is 2.18. The minimum Gasteiger partial charge on any atom is -0.507 e. The van der Waals surface area contributed by atoms with Gasteiger partial charge in [0, 0.05) is 42.4 Å². The van der Waals surface area contributed by atoms with E-state index in [-0.39, 0.29) is 23.2 Å². The lowest BCUT2D eigenvalue weighted by atomic mass is 9.84. The van der Waals surface area contributed by atoms with Crippen LogP contribution in [0.25, 0.3) is 22.4 Å². The van der Waals surface area contributed by atoms with Crippen molar-refractivity contribution in [2.75, 3.05) is 0 Å². The van der Waals surface area contributed by atoms with Crippen LogP contribution in [-0.4, -0.2) is 44.6 Å². The second kappa shape index (κ2) is 8.11. The highest BCUT2D eigenvalue weighted by molar-refractivity contribution is 5.74. The number of hydrogen-bond donors (Lipinski definition) is 3. The quantitative estimate of drug-likeness (QED) is 0.597. The lowest BCUT2D eigenvalue weighted by Gasteiger charge is -2.42. The maximum Gasteiger partial charge on any atom is 0.248 e. The summed E-state index contributed by atoms with van der Waals surface area (Å²) in [5, 5.41) is 22.1. The van der Waals surface area contributed by atoms with Gasteiger partial charge >= 0.3 is 0 Å². The highest BCUT2D eigenvalue weighted by atomic mass is 19.1. The molecule has 3 N–H and O–H groups in total. The van der Waals surface area contributed by atoms with Crippen molar-refractivity contribution in [3.8, 4) is 34.0 Å². The van der Waals surface area contributed by atoms with Crippen LogP contribution in [0, 0.1) is 0 Å². The van der Waals surface area contributed by atoms with Crippen LogP contribution >= 0.6 is 0 Å². The summed E-state index contributed by atoms with van der Waals surface area (Å²) in [4.78, 5) is 14.1. The fraction of sp³-hybridized carbons (Fsp3) is 0.348. The first-order chi connectivity index (χ1) is 15.1. The Bertz CT molecular complexity index is 1130. The van der Waals surface area contributed by atoms with Gasteiger partial charge < -0.3 is 20.1 Å². The molecule has 1 aromatic carbocycles. The zero-order valence-electron chi connectivity index (χ0n) is 16.8. The second-order valence-electron chi connectivity index (χ2n) is 8.17. The number of fused-ring (bicyclic) bond motifs is 2. The van der Waals surface area contributed by atoms with Crippen LogP contribution < -0.4 is 15.6 Å². The van der Waals surface area contributed by atoms with Crippen LogP contribution in [0.4, 0.5) is 4.39 Å². The standard InChI is InChI=1S/C23H23FN4O3/c24-23-18-3-1-2-15(26-18)12-20(23)31-22-7-6-17(27-28-22)16-5-4-13(10-19(16)29)14-8-9-25-21(30)11-14/h4-11,15,18,20,23,26,29H,1-3,12H2,(H,25,30)/t15-,18+,20-,23-/m0/s1. The molecule has 3 aromatic rings. The van der Waals surface area contributed by atoms with Crippen molar-refractivity contribution >= 4 is 0 Å². The predicted octanol–water partition coefficient (Wildman–Crippen LogP) is 3.20. The first kappa shape index (κ1) is 19.7. The highest BCUT2D eigenvalue weighted by Crippen LogP contribution is 2.33. The van der Waals surface area contributed by atoms with Gasteiger partial charge in [0.05, 0.1) is 5.69 Å². The summed E-state index contributed by atoms with van der Waals surface area (Å²) in [5.74, 6) is 0.298. The first-order valence-corrected chi connectivity index (χ1v) is 10.5. The molecule has 0 saturated carbocycles. The minimum absolute atomic E-state index is 0.0238. The fourth-order valence-electron chi connectivity index (χ4n) is 4.51. The molecule has 0 unspecified atom stereocenters. The predicted molar refractivity (Wildman–Crippen MR) is 114 cm³/mol. The van der Waals surface area contributed by atoms with Gasteiger partial charge in [0.1, 0.15) is 11.9 Å². The maximum atomic E-state index is 14.7. The van der Waals surface area contributed by atoms with Crippen molar-refractivity contribution in [2.45, 2.75) is 50.0 Å². The number of hydrogen-bond acceptors (Lipinski definition) is 6. The molecular formula is C23H23FN4O3. The second-order valence-corrected chi connectivity index (χ2v) is 8.17. The Hall–Kier alpha value is -3.26. The number of nitrogens with one attached hydrogen (secondary N) is 2. The van der Waals surface area contributed by atoms with E-state index >= 15 is 0 Å². The van der Waals surface area contributed by atoms with Gasteiger partial charge in [-0.25, -0.2) is 4.39 Å². The van der Waals surface area contributed by atoms with Gasteiger partial charge in [-0.3, -0.25) is 4.79 Å². The number of benzene rings is 1. The van der Waals surface area contributed by atoms with E-state index in [0.29, 0.717) is 34.8 Å². The van der Waals surface area contributed by atoms with E-state index < -0.39 is 12.3 Å². The molecule has 31 heavy (non-hydrogen) atoms. The molecule has 0 amide bonds. The molecule has 2 aliphatic rings. The monoisotopic (exact) mass is 422 g/mol. The number of phenolic OH excluding ortho intramolecular Hbond substituents is 1. The number of alkyl halides is 1. The third-order valence-corrected chi connectivity index (χ3v) is 6.07. The topological polar surface area (TPSA) is 100 Å². The number of aromatic amines is 1. The lowest BCUT2D eigenvalue weighted by molar-refractivity contribution is 0.00652. The van der Waals surface area contributed by atoms with Crippen molar-refractivity contribution in [3.05, 3.63) is 59.0 Å². The average molecular weight is 422 g/mol. The number of nitrogens with zero attached hydrogens (tertiary/aromatic N) is 2. The number of pyridine rings is 1. The van der Waals surface area contributed by atoms with Crippen LogP contribution in [-0.2, 0) is 0 Å². The van der Waals surface area contributed by atoms with Crippen molar-refractivity contribution in [1.29, 1.82) is 0 Å². The maximum absolute atomic E-state index is 14.7. The Balaban J connectivity index is 1.32. The molecule has 7 nitrogen and oxygen atoms in total. The van der Waals surface area contributed by atoms with Crippen LogP contribution in [0.15, 0.2) is 53.5 Å². The van der Waals surface area contributed by atoms with E-state index in [2.05, 4.69) is 20.5 Å². The van der Waals surface area contributed by atoms with Crippen LogP contribution in [0.3, 0.4) is 0 Å². The van der Waals surface area contributed by atoms with Gasteiger partial charge in [-0.1, -0.05) is 12.5 Å². The summed E-state index contributed by atoms with van der Waals surface area (Å²) in [6, 6.07) is 11.8. The summed E-state index contributed by atoms with van der Waals surface area (Å²) in [6.45, 7) is 0. The number of aromatic hydroxyl groups is 1. The molecule has 0 spiro atoms. The zero-order valence-corrected chi connectivity index (χ0v) is 16.8. The van der Waals surface area contributed by atoms with E-state index in [1.165, 1.54) is 6.07 Å². The van der Waals surface area contributed by atoms with Gasteiger partial charge in [0.15, 0.2) is 6.17 Å². The zero-order chi connectivity index (χ0) is 21.4. The van der Waals surface area contributed by atoms with Crippen molar-refractivity contribution < 1.29 is 14.2 Å². The first-order valence-electron chi connectivity index (χ1n) is 10.5. The van der Waals surface area contributed by atoms with E-state index in [0.717, 1.165) is 19.3 Å². The minimum atomic E-state index is -1.07. The SMILES string of the molecule is O=c1cc(-c2ccc(-c3ccc(O[C@H]4C[C@@H]5CCC[C@@H](N5)[C@@H]4F)nn3)c(O)c2)cc[nH]1. The lowest BCUT2D eigenvalue weighted by Crippen LogP contribution is -2.59. The van der Waals surface area contributed by atoms with Gasteiger partial charge in [-0.05, 0) is 48.2 Å². The summed E-state index contributed by atoms with van der Waals surface area (Å²) >= 11 is 0. The molecule has 2 bridgehead atoms. The Labute approximate surface area is 178 Å². The smallest absolute Gasteiger partial charge is 0.248 e. The average Bonchev–Trinajstić information content (AvgIpc) is 2.78. The Kier molecular flexibility index (Phi) is 5.15. The van der Waals surface area contributed by atoms with E-state index in [1.807, 2.05) is 0 Å².